The molecule has 1 rings (SSSR count). The lowest BCUT2D eigenvalue weighted by Crippen LogP contribution is -2.26. The van der Waals surface area contributed by atoms with Gasteiger partial charge in [0.25, 0.3) is 0 Å². The molecule has 16 heavy (non-hydrogen) atoms. The molecule has 7 heteroatoms. The second-order valence-corrected chi connectivity index (χ2v) is 3.37. The molecule has 6 N–H and O–H groups in total. The van der Waals surface area contributed by atoms with E-state index in [9.17, 15) is 0 Å². The van der Waals surface area contributed by atoms with E-state index in [2.05, 4.69) is 9.98 Å². The van der Waals surface area contributed by atoms with Crippen molar-refractivity contribution in [1.29, 1.82) is 0 Å². The van der Waals surface area contributed by atoms with Crippen LogP contribution in [0.15, 0.2) is 28.2 Å². The Labute approximate surface area is 105 Å². The molecule has 0 amide bonds. The van der Waals surface area contributed by atoms with E-state index in [1.165, 1.54) is 0 Å². The van der Waals surface area contributed by atoms with Gasteiger partial charge < -0.3 is 17.2 Å². The molecule has 0 bridgehead atoms. The van der Waals surface area contributed by atoms with E-state index in [0.717, 1.165) is 5.56 Å². The third kappa shape index (κ3) is 4.37. The number of hydrogen-bond donors (Lipinski definition) is 3. The molecular formula is C9H13Cl2N5. The van der Waals surface area contributed by atoms with Gasteiger partial charge in [0.05, 0.1) is 5.69 Å². The predicted octanol–water partition coefficient (Wildman–Crippen LogP) is 1.29. The number of nitrogens with two attached hydrogens (primary N) is 3. The van der Waals surface area contributed by atoms with Crippen LogP contribution in [0, 0.1) is 6.92 Å². The van der Waals surface area contributed by atoms with Gasteiger partial charge in [0, 0.05) is 5.02 Å². The maximum Gasteiger partial charge on any atom is 0.223 e. The monoisotopic (exact) mass is 261 g/mol. The van der Waals surface area contributed by atoms with Crippen LogP contribution in [-0.4, -0.2) is 11.9 Å². The second-order valence-electron chi connectivity index (χ2n) is 2.94. The Balaban J connectivity index is 0.00000225. The molecule has 0 fully saturated rings. The fourth-order valence-electron chi connectivity index (χ4n) is 1.03. The van der Waals surface area contributed by atoms with Crippen LogP contribution in [-0.2, 0) is 0 Å². The van der Waals surface area contributed by atoms with Crippen LogP contribution in [0.5, 0.6) is 0 Å². The highest BCUT2D eigenvalue weighted by Crippen LogP contribution is 2.22. The Morgan fingerprint density at radius 1 is 1.25 bits per heavy atom. The first-order valence-electron chi connectivity index (χ1n) is 4.19. The van der Waals surface area contributed by atoms with Crippen molar-refractivity contribution in [1.82, 2.24) is 0 Å². The molecule has 0 heterocycles. The molecule has 0 saturated heterocycles. The average molecular weight is 262 g/mol. The van der Waals surface area contributed by atoms with E-state index in [1.807, 2.05) is 6.92 Å². The van der Waals surface area contributed by atoms with Gasteiger partial charge in [-0.3, -0.25) is 0 Å². The van der Waals surface area contributed by atoms with Crippen LogP contribution < -0.4 is 17.2 Å². The number of rotatable bonds is 1. The van der Waals surface area contributed by atoms with E-state index in [0.29, 0.717) is 10.7 Å². The van der Waals surface area contributed by atoms with Crippen molar-refractivity contribution in [2.75, 3.05) is 0 Å². The Morgan fingerprint density at radius 2 is 1.88 bits per heavy atom. The van der Waals surface area contributed by atoms with Gasteiger partial charge in [0.15, 0.2) is 5.96 Å². The standard InChI is InChI=1S/C9H12ClN5.ClH/c1-5-4-6(10)2-3-7(5)14-9(13)15-8(11)12;/h2-4H,1H3,(H6,11,12,13,14,15);1H. The molecule has 0 unspecified atom stereocenters. The Bertz CT molecular complexity index is 424. The van der Waals surface area contributed by atoms with Crippen LogP contribution in [0.3, 0.4) is 0 Å². The molecule has 0 spiro atoms. The van der Waals surface area contributed by atoms with Crippen LogP contribution in [0.2, 0.25) is 5.02 Å². The third-order valence-electron chi connectivity index (χ3n) is 1.64. The largest absolute Gasteiger partial charge is 0.370 e. The highest BCUT2D eigenvalue weighted by atomic mass is 35.5. The normalized spacial score (nSPS) is 10.5. The summed E-state index contributed by atoms with van der Waals surface area (Å²) < 4.78 is 0. The fourth-order valence-corrected chi connectivity index (χ4v) is 1.25. The Morgan fingerprint density at radius 3 is 2.38 bits per heavy atom. The fraction of sp³-hybridized carbons (Fsp3) is 0.111. The number of guanidine groups is 2. The van der Waals surface area contributed by atoms with E-state index >= 15 is 0 Å². The maximum atomic E-state index is 5.79. The third-order valence-corrected chi connectivity index (χ3v) is 1.87. The first-order chi connectivity index (χ1) is 6.99. The molecule has 0 aromatic heterocycles. The highest BCUT2D eigenvalue weighted by molar-refractivity contribution is 6.30. The quantitative estimate of drug-likeness (QED) is 0.524. The van der Waals surface area contributed by atoms with Crippen molar-refractivity contribution >= 4 is 41.6 Å². The molecule has 0 aliphatic rings. The van der Waals surface area contributed by atoms with Crippen LogP contribution in [0.25, 0.3) is 0 Å². The van der Waals surface area contributed by atoms with Crippen molar-refractivity contribution in [2.24, 2.45) is 27.2 Å². The SMILES string of the molecule is Cc1cc(Cl)ccc1N=C(N)N=C(N)N.Cl. The van der Waals surface area contributed by atoms with Gasteiger partial charge in [0.1, 0.15) is 0 Å². The van der Waals surface area contributed by atoms with Gasteiger partial charge in [-0.15, -0.1) is 12.4 Å². The van der Waals surface area contributed by atoms with Crippen LogP contribution in [0.4, 0.5) is 5.69 Å². The molecule has 0 saturated carbocycles. The van der Waals surface area contributed by atoms with Crippen LogP contribution >= 0.6 is 24.0 Å². The first-order valence-corrected chi connectivity index (χ1v) is 4.57. The molecule has 0 aliphatic carbocycles. The summed E-state index contributed by atoms with van der Waals surface area (Å²) in [5.74, 6) is -0.108. The van der Waals surface area contributed by atoms with Gasteiger partial charge >= 0.3 is 0 Å². The minimum absolute atomic E-state index is 0. The summed E-state index contributed by atoms with van der Waals surface area (Å²) in [6.07, 6.45) is 0. The molecular weight excluding hydrogens is 249 g/mol. The van der Waals surface area contributed by atoms with Crippen molar-refractivity contribution in [3.05, 3.63) is 28.8 Å². The van der Waals surface area contributed by atoms with Crippen molar-refractivity contribution in [3.8, 4) is 0 Å². The number of aliphatic imine (C=N–C) groups is 2. The summed E-state index contributed by atoms with van der Waals surface area (Å²) >= 11 is 5.79. The van der Waals surface area contributed by atoms with Gasteiger partial charge in [-0.25, -0.2) is 4.99 Å². The number of halogens is 2. The smallest absolute Gasteiger partial charge is 0.223 e. The van der Waals surface area contributed by atoms with Gasteiger partial charge in [-0.1, -0.05) is 11.6 Å². The zero-order valence-corrected chi connectivity index (χ0v) is 10.2. The molecule has 1 aromatic rings. The Hall–Kier alpha value is -1.46. The zero-order valence-electron chi connectivity index (χ0n) is 8.64. The number of benzene rings is 1. The zero-order chi connectivity index (χ0) is 11.4. The van der Waals surface area contributed by atoms with Crippen molar-refractivity contribution in [3.63, 3.8) is 0 Å². The summed E-state index contributed by atoms with van der Waals surface area (Å²) in [5, 5.41) is 0.645. The van der Waals surface area contributed by atoms with E-state index in [4.69, 9.17) is 28.8 Å². The van der Waals surface area contributed by atoms with Gasteiger partial charge in [-0.05, 0) is 30.7 Å². The maximum absolute atomic E-state index is 5.79. The molecule has 0 atom stereocenters. The summed E-state index contributed by atoms with van der Waals surface area (Å²) in [6, 6.07) is 5.24. The average Bonchev–Trinajstić information content (AvgIpc) is 2.08. The molecule has 1 aromatic carbocycles. The lowest BCUT2D eigenvalue weighted by molar-refractivity contribution is 1.34. The predicted molar refractivity (Wildman–Crippen MR) is 70.5 cm³/mol. The topological polar surface area (TPSA) is 103 Å². The number of aryl methyl sites for hydroxylation is 1. The van der Waals surface area contributed by atoms with Gasteiger partial charge in [0.2, 0.25) is 5.96 Å². The van der Waals surface area contributed by atoms with E-state index in [-0.39, 0.29) is 24.3 Å². The molecule has 5 nitrogen and oxygen atoms in total. The van der Waals surface area contributed by atoms with E-state index < -0.39 is 0 Å². The molecule has 88 valence electrons. The lowest BCUT2D eigenvalue weighted by atomic mass is 10.2. The van der Waals surface area contributed by atoms with E-state index in [1.54, 1.807) is 18.2 Å². The minimum atomic E-state index is -0.122. The number of nitrogens with zero attached hydrogens (tertiary/aromatic N) is 2. The molecule has 0 aliphatic heterocycles. The highest BCUT2D eigenvalue weighted by Gasteiger charge is 1.98. The minimum Gasteiger partial charge on any atom is -0.370 e. The summed E-state index contributed by atoms with van der Waals surface area (Å²) in [6.45, 7) is 1.87. The lowest BCUT2D eigenvalue weighted by Gasteiger charge is -2.00. The summed E-state index contributed by atoms with van der Waals surface area (Å²) in [7, 11) is 0. The number of hydrogen-bond acceptors (Lipinski definition) is 1. The Kier molecular flexibility index (Phi) is 5.63. The first kappa shape index (κ1) is 14.5. The molecule has 0 radical (unpaired) electrons. The summed E-state index contributed by atoms with van der Waals surface area (Å²) in [4.78, 5) is 7.63. The van der Waals surface area contributed by atoms with Crippen molar-refractivity contribution < 1.29 is 0 Å². The summed E-state index contributed by atoms with van der Waals surface area (Å²) in [5.41, 5.74) is 17.4. The second kappa shape index (κ2) is 6.19. The van der Waals surface area contributed by atoms with Crippen molar-refractivity contribution in [2.45, 2.75) is 6.92 Å². The van der Waals surface area contributed by atoms with Crippen LogP contribution in [0.1, 0.15) is 5.56 Å². The van der Waals surface area contributed by atoms with Gasteiger partial charge in [-0.2, -0.15) is 4.99 Å².